The van der Waals surface area contributed by atoms with Crippen molar-refractivity contribution in [2.45, 2.75) is 17.9 Å². The standard InChI is InChI=1S/C26H26N2O6S/c1-19(26(30)27-23-10-9-21-4-2-3-5-22(21)18-23)34-25(29)13-8-20-6-11-24(12-7-20)35(31,32)28-14-16-33-17-15-28/h2-13,18-19H,14-17H2,1H3,(H,27,30)/b13-8+. The summed E-state index contributed by atoms with van der Waals surface area (Å²) in [6.45, 7) is 2.89. The highest BCUT2D eigenvalue weighted by atomic mass is 32.2. The van der Waals surface area contributed by atoms with Gasteiger partial charge in [-0.3, -0.25) is 4.79 Å². The molecule has 35 heavy (non-hydrogen) atoms. The van der Waals surface area contributed by atoms with Crippen molar-refractivity contribution in [3.05, 3.63) is 78.4 Å². The highest BCUT2D eigenvalue weighted by Gasteiger charge is 2.26. The van der Waals surface area contributed by atoms with Crippen LogP contribution in [0.3, 0.4) is 0 Å². The molecule has 8 nitrogen and oxygen atoms in total. The van der Waals surface area contributed by atoms with Gasteiger partial charge in [0.2, 0.25) is 10.0 Å². The number of sulfonamides is 1. The Morgan fingerprint density at radius 1 is 1.00 bits per heavy atom. The van der Waals surface area contributed by atoms with Crippen molar-refractivity contribution in [3.8, 4) is 0 Å². The minimum atomic E-state index is -3.58. The Bertz CT molecular complexity index is 1350. The molecular formula is C26H26N2O6S. The number of benzene rings is 3. The Balaban J connectivity index is 1.32. The molecule has 1 N–H and O–H groups in total. The van der Waals surface area contributed by atoms with Gasteiger partial charge in [0, 0.05) is 24.9 Å². The maximum absolute atomic E-state index is 12.7. The minimum absolute atomic E-state index is 0.179. The molecule has 0 radical (unpaired) electrons. The number of rotatable bonds is 7. The molecule has 1 unspecified atom stereocenters. The average Bonchev–Trinajstić information content (AvgIpc) is 2.88. The van der Waals surface area contributed by atoms with Crippen LogP contribution in [0, 0.1) is 0 Å². The maximum Gasteiger partial charge on any atom is 0.331 e. The highest BCUT2D eigenvalue weighted by Crippen LogP contribution is 2.20. The molecule has 1 saturated heterocycles. The molecule has 0 saturated carbocycles. The van der Waals surface area contributed by atoms with Crippen LogP contribution in [0.25, 0.3) is 16.8 Å². The molecule has 1 aliphatic rings. The summed E-state index contributed by atoms with van der Waals surface area (Å²) in [6.07, 6.45) is 1.70. The van der Waals surface area contributed by atoms with Gasteiger partial charge in [-0.1, -0.05) is 42.5 Å². The lowest BCUT2D eigenvalue weighted by Crippen LogP contribution is -2.40. The smallest absolute Gasteiger partial charge is 0.331 e. The third kappa shape index (κ3) is 6.13. The van der Waals surface area contributed by atoms with E-state index < -0.39 is 28.0 Å². The van der Waals surface area contributed by atoms with Crippen LogP contribution in [0.4, 0.5) is 5.69 Å². The van der Waals surface area contributed by atoms with Gasteiger partial charge in [-0.15, -0.1) is 0 Å². The normalized spacial score (nSPS) is 15.7. The highest BCUT2D eigenvalue weighted by molar-refractivity contribution is 7.89. The fraction of sp³-hybridized carbons (Fsp3) is 0.231. The number of hydrogen-bond donors (Lipinski definition) is 1. The van der Waals surface area contributed by atoms with E-state index in [0.29, 0.717) is 37.6 Å². The molecular weight excluding hydrogens is 468 g/mol. The van der Waals surface area contributed by atoms with Crippen molar-refractivity contribution in [2.24, 2.45) is 0 Å². The molecule has 3 aromatic carbocycles. The van der Waals surface area contributed by atoms with Crippen LogP contribution in [0.1, 0.15) is 12.5 Å². The number of anilines is 1. The van der Waals surface area contributed by atoms with Gasteiger partial charge >= 0.3 is 5.97 Å². The molecule has 4 rings (SSSR count). The van der Waals surface area contributed by atoms with E-state index in [0.717, 1.165) is 10.8 Å². The number of carbonyl (C=O) groups is 2. The first-order chi connectivity index (χ1) is 16.8. The molecule has 1 aliphatic heterocycles. The number of morpholine rings is 1. The Morgan fingerprint density at radius 3 is 2.40 bits per heavy atom. The predicted molar refractivity (Wildman–Crippen MR) is 133 cm³/mol. The first kappa shape index (κ1) is 24.6. The van der Waals surface area contributed by atoms with Gasteiger partial charge in [0.05, 0.1) is 18.1 Å². The average molecular weight is 495 g/mol. The molecule has 3 aromatic rings. The van der Waals surface area contributed by atoms with Gasteiger partial charge in [-0.2, -0.15) is 4.31 Å². The Labute approximate surface area is 204 Å². The number of nitrogens with one attached hydrogen (secondary N) is 1. The molecule has 1 atom stereocenters. The molecule has 182 valence electrons. The van der Waals surface area contributed by atoms with Crippen LogP contribution in [0.15, 0.2) is 77.7 Å². The quantitative estimate of drug-likeness (QED) is 0.399. The summed E-state index contributed by atoms with van der Waals surface area (Å²) in [5.74, 6) is -1.13. The number of fused-ring (bicyclic) bond motifs is 1. The van der Waals surface area contributed by atoms with Crippen molar-refractivity contribution < 1.29 is 27.5 Å². The molecule has 0 aromatic heterocycles. The van der Waals surface area contributed by atoms with Crippen LogP contribution < -0.4 is 5.32 Å². The summed E-state index contributed by atoms with van der Waals surface area (Å²) >= 11 is 0. The van der Waals surface area contributed by atoms with Gasteiger partial charge < -0.3 is 14.8 Å². The summed E-state index contributed by atoms with van der Waals surface area (Å²) in [6, 6.07) is 19.5. The number of amides is 1. The van der Waals surface area contributed by atoms with E-state index >= 15 is 0 Å². The van der Waals surface area contributed by atoms with Crippen LogP contribution >= 0.6 is 0 Å². The Morgan fingerprint density at radius 2 is 1.69 bits per heavy atom. The first-order valence-electron chi connectivity index (χ1n) is 11.2. The molecule has 1 heterocycles. The van der Waals surface area contributed by atoms with E-state index in [-0.39, 0.29) is 4.90 Å². The largest absolute Gasteiger partial charge is 0.449 e. The number of ether oxygens (including phenoxy) is 2. The third-order valence-corrected chi connectivity index (χ3v) is 7.49. The van der Waals surface area contributed by atoms with Crippen LogP contribution in [-0.4, -0.2) is 57.0 Å². The molecule has 1 fully saturated rings. The number of hydrogen-bond acceptors (Lipinski definition) is 6. The second-order valence-corrected chi connectivity index (χ2v) is 9.99. The fourth-order valence-electron chi connectivity index (χ4n) is 3.63. The molecule has 9 heteroatoms. The SMILES string of the molecule is CC(OC(=O)/C=C/c1ccc(S(=O)(=O)N2CCOCC2)cc1)C(=O)Nc1ccc2ccccc2c1. The van der Waals surface area contributed by atoms with Gasteiger partial charge in [-0.05, 0) is 53.6 Å². The van der Waals surface area contributed by atoms with Crippen molar-refractivity contribution in [1.29, 1.82) is 0 Å². The van der Waals surface area contributed by atoms with Crippen LogP contribution in [0.2, 0.25) is 0 Å². The summed E-state index contributed by atoms with van der Waals surface area (Å²) in [5.41, 5.74) is 1.23. The minimum Gasteiger partial charge on any atom is -0.449 e. The molecule has 0 bridgehead atoms. The van der Waals surface area contributed by atoms with E-state index in [9.17, 15) is 18.0 Å². The summed E-state index contributed by atoms with van der Waals surface area (Å²) < 4.78 is 37.2. The number of nitrogens with zero attached hydrogens (tertiary/aromatic N) is 1. The first-order valence-corrected chi connectivity index (χ1v) is 12.6. The Hall–Kier alpha value is -3.53. The lowest BCUT2D eigenvalue weighted by Gasteiger charge is -2.26. The van der Waals surface area contributed by atoms with E-state index in [2.05, 4.69) is 5.32 Å². The second-order valence-electron chi connectivity index (χ2n) is 8.05. The fourth-order valence-corrected chi connectivity index (χ4v) is 5.04. The van der Waals surface area contributed by atoms with Gasteiger partial charge in [-0.25, -0.2) is 13.2 Å². The third-order valence-electron chi connectivity index (χ3n) is 5.58. The van der Waals surface area contributed by atoms with Gasteiger partial charge in [0.1, 0.15) is 0 Å². The zero-order chi connectivity index (χ0) is 24.8. The zero-order valence-electron chi connectivity index (χ0n) is 19.2. The van der Waals surface area contributed by atoms with E-state index in [1.807, 2.05) is 36.4 Å². The van der Waals surface area contributed by atoms with Gasteiger partial charge in [0.25, 0.3) is 5.91 Å². The number of esters is 1. The van der Waals surface area contributed by atoms with Crippen molar-refractivity contribution in [2.75, 3.05) is 31.6 Å². The monoisotopic (exact) mass is 494 g/mol. The molecule has 0 spiro atoms. The predicted octanol–water partition coefficient (Wildman–Crippen LogP) is 3.44. The van der Waals surface area contributed by atoms with E-state index in [1.54, 1.807) is 18.2 Å². The summed E-state index contributed by atoms with van der Waals surface area (Å²) in [5, 5.41) is 4.80. The van der Waals surface area contributed by atoms with Crippen molar-refractivity contribution in [3.63, 3.8) is 0 Å². The van der Waals surface area contributed by atoms with Crippen LogP contribution in [0.5, 0.6) is 0 Å². The lowest BCUT2D eigenvalue weighted by molar-refractivity contribution is -0.148. The van der Waals surface area contributed by atoms with Gasteiger partial charge in [0.15, 0.2) is 6.10 Å². The summed E-state index contributed by atoms with van der Waals surface area (Å²) in [4.78, 5) is 24.8. The maximum atomic E-state index is 12.7. The summed E-state index contributed by atoms with van der Waals surface area (Å²) in [7, 11) is -3.58. The number of carbonyl (C=O) groups excluding carboxylic acids is 2. The molecule has 0 aliphatic carbocycles. The Kier molecular flexibility index (Phi) is 7.60. The topological polar surface area (TPSA) is 102 Å². The molecule has 1 amide bonds. The van der Waals surface area contributed by atoms with Crippen LogP contribution in [-0.2, 0) is 29.1 Å². The zero-order valence-corrected chi connectivity index (χ0v) is 20.0. The van der Waals surface area contributed by atoms with Crippen molar-refractivity contribution >= 4 is 44.4 Å². The van der Waals surface area contributed by atoms with E-state index in [1.165, 1.54) is 35.5 Å². The second kappa shape index (κ2) is 10.8. The lowest BCUT2D eigenvalue weighted by atomic mass is 10.1. The van der Waals surface area contributed by atoms with E-state index in [4.69, 9.17) is 9.47 Å². The van der Waals surface area contributed by atoms with Crippen molar-refractivity contribution in [1.82, 2.24) is 4.31 Å².